The van der Waals surface area contributed by atoms with Crippen LogP contribution in [0.3, 0.4) is 0 Å². The fraction of sp³-hybridized carbons (Fsp3) is 0.348. The number of carbonyl (C=O) groups excluding carboxylic acids is 1. The van der Waals surface area contributed by atoms with E-state index in [1.54, 1.807) is 41.8 Å². The van der Waals surface area contributed by atoms with Crippen molar-refractivity contribution in [2.24, 2.45) is 0 Å². The first-order chi connectivity index (χ1) is 16.6. The first kappa shape index (κ1) is 22.8. The normalized spacial score (nSPS) is 19.6. The number of pyridine rings is 1. The third kappa shape index (κ3) is 4.77. The number of carbonyl (C=O) groups is 1. The molecule has 5 rings (SSSR count). The third-order valence-electron chi connectivity index (χ3n) is 5.77. The van der Waals surface area contributed by atoms with Crippen molar-refractivity contribution in [2.45, 2.75) is 31.9 Å². The van der Waals surface area contributed by atoms with Crippen molar-refractivity contribution in [3.63, 3.8) is 0 Å². The number of fused-ring (bicyclic) bond motifs is 1. The molecule has 9 nitrogen and oxygen atoms in total. The van der Waals surface area contributed by atoms with Crippen LogP contribution in [0.1, 0.15) is 24.8 Å². The van der Waals surface area contributed by atoms with Crippen molar-refractivity contribution in [3.8, 4) is 0 Å². The summed E-state index contributed by atoms with van der Waals surface area (Å²) >= 11 is 6.67. The zero-order valence-electron chi connectivity index (χ0n) is 18.4. The second-order valence-electron chi connectivity index (χ2n) is 8.12. The molecule has 0 radical (unpaired) electrons. The molecule has 176 valence electrons. The van der Waals surface area contributed by atoms with Crippen molar-refractivity contribution in [3.05, 3.63) is 63.9 Å². The van der Waals surface area contributed by atoms with E-state index in [2.05, 4.69) is 15.3 Å². The Kier molecular flexibility index (Phi) is 6.75. The minimum atomic E-state index is -0.243. The van der Waals surface area contributed by atoms with E-state index in [-0.39, 0.29) is 17.6 Å². The van der Waals surface area contributed by atoms with E-state index in [0.29, 0.717) is 46.0 Å². The number of thioether (sulfide) groups is 1. The summed E-state index contributed by atoms with van der Waals surface area (Å²) in [6.07, 6.45) is 11.4. The van der Waals surface area contributed by atoms with E-state index >= 15 is 0 Å². The second kappa shape index (κ2) is 10.1. The van der Waals surface area contributed by atoms with Crippen LogP contribution in [0.4, 0.5) is 5.82 Å². The van der Waals surface area contributed by atoms with Crippen molar-refractivity contribution in [1.29, 1.82) is 0 Å². The van der Waals surface area contributed by atoms with Crippen LogP contribution < -0.4 is 10.9 Å². The third-order valence-corrected chi connectivity index (χ3v) is 7.15. The predicted octanol–water partition coefficient (Wildman–Crippen LogP) is 2.77. The van der Waals surface area contributed by atoms with E-state index < -0.39 is 0 Å². The molecule has 1 N–H and O–H groups in total. The Morgan fingerprint density at radius 1 is 1.29 bits per heavy atom. The van der Waals surface area contributed by atoms with E-state index in [1.807, 2.05) is 16.8 Å². The summed E-state index contributed by atoms with van der Waals surface area (Å²) < 4.78 is 9.63. The molecule has 2 fully saturated rings. The number of nitrogens with one attached hydrogen (secondary N) is 1. The highest BCUT2D eigenvalue weighted by atomic mass is 32.2. The van der Waals surface area contributed by atoms with E-state index in [0.717, 1.165) is 25.8 Å². The number of ether oxygens (including phenoxy) is 1. The zero-order valence-corrected chi connectivity index (χ0v) is 20.1. The highest BCUT2D eigenvalue weighted by Gasteiger charge is 2.35. The number of aromatic nitrogens is 4. The Balaban J connectivity index is 1.41. The fourth-order valence-corrected chi connectivity index (χ4v) is 5.29. The van der Waals surface area contributed by atoms with Crippen LogP contribution in [-0.4, -0.2) is 59.9 Å². The van der Waals surface area contributed by atoms with Gasteiger partial charge in [0.15, 0.2) is 0 Å². The highest BCUT2D eigenvalue weighted by Crippen LogP contribution is 2.34. The SMILES string of the molecule is O=C1C(=Cc2c(NCCCn3ccnc3)nc3ccccn3c2=O)SC(=S)N1CC1CCCO1. The molecule has 0 spiro atoms. The lowest BCUT2D eigenvalue weighted by atomic mass is 10.2. The number of rotatable bonds is 8. The molecule has 3 aromatic heterocycles. The van der Waals surface area contributed by atoms with Crippen LogP contribution in [0, 0.1) is 0 Å². The van der Waals surface area contributed by atoms with Gasteiger partial charge in [-0.3, -0.25) is 18.9 Å². The zero-order chi connectivity index (χ0) is 23.5. The fourth-order valence-electron chi connectivity index (χ4n) is 4.04. The first-order valence-electron chi connectivity index (χ1n) is 11.2. The van der Waals surface area contributed by atoms with Gasteiger partial charge in [-0.15, -0.1) is 0 Å². The Bertz CT molecular complexity index is 1300. The monoisotopic (exact) mass is 496 g/mol. The Labute approximate surface area is 205 Å². The van der Waals surface area contributed by atoms with Crippen LogP contribution in [0.5, 0.6) is 0 Å². The molecule has 2 aliphatic rings. The molecule has 11 heteroatoms. The number of hydrogen-bond acceptors (Lipinski definition) is 8. The van der Waals surface area contributed by atoms with Gasteiger partial charge in [0.2, 0.25) is 0 Å². The number of imidazole rings is 1. The molecule has 0 saturated carbocycles. The smallest absolute Gasteiger partial charge is 0.267 e. The summed E-state index contributed by atoms with van der Waals surface area (Å²) in [5.74, 6) is 0.250. The highest BCUT2D eigenvalue weighted by molar-refractivity contribution is 8.26. The molecule has 5 heterocycles. The van der Waals surface area contributed by atoms with Gasteiger partial charge >= 0.3 is 0 Å². The van der Waals surface area contributed by atoms with Gasteiger partial charge in [0.05, 0.1) is 29.4 Å². The summed E-state index contributed by atoms with van der Waals surface area (Å²) in [4.78, 5) is 37.2. The van der Waals surface area contributed by atoms with Crippen LogP contribution in [-0.2, 0) is 16.1 Å². The number of thiocarbonyl (C=S) groups is 1. The molecule has 3 aromatic rings. The maximum absolute atomic E-state index is 13.3. The van der Waals surface area contributed by atoms with Crippen LogP contribution in [0.15, 0.2) is 52.8 Å². The van der Waals surface area contributed by atoms with Crippen LogP contribution in [0.25, 0.3) is 11.7 Å². The summed E-state index contributed by atoms with van der Waals surface area (Å²) in [6.45, 7) is 2.55. The van der Waals surface area contributed by atoms with Gasteiger partial charge in [-0.25, -0.2) is 9.97 Å². The first-order valence-corrected chi connectivity index (χ1v) is 12.4. The summed E-state index contributed by atoms with van der Waals surface area (Å²) in [5.41, 5.74) is 0.628. The lowest BCUT2D eigenvalue weighted by molar-refractivity contribution is -0.123. The Morgan fingerprint density at radius 2 is 2.21 bits per heavy atom. The van der Waals surface area contributed by atoms with Crippen LogP contribution in [0.2, 0.25) is 0 Å². The van der Waals surface area contributed by atoms with E-state index in [9.17, 15) is 9.59 Å². The molecule has 2 aliphatic heterocycles. The number of amides is 1. The largest absolute Gasteiger partial charge is 0.376 e. The van der Waals surface area contributed by atoms with E-state index in [1.165, 1.54) is 16.2 Å². The van der Waals surface area contributed by atoms with Crippen molar-refractivity contribution >= 4 is 51.7 Å². The molecule has 34 heavy (non-hydrogen) atoms. The van der Waals surface area contributed by atoms with Crippen molar-refractivity contribution in [2.75, 3.05) is 25.0 Å². The van der Waals surface area contributed by atoms with Gasteiger partial charge in [0.1, 0.15) is 15.8 Å². The maximum Gasteiger partial charge on any atom is 0.267 e. The molecule has 1 amide bonds. The second-order valence-corrected chi connectivity index (χ2v) is 9.79. The van der Waals surface area contributed by atoms with Gasteiger partial charge < -0.3 is 14.6 Å². The average molecular weight is 497 g/mol. The summed E-state index contributed by atoms with van der Waals surface area (Å²) in [6, 6.07) is 5.39. The molecule has 0 aliphatic carbocycles. The standard InChI is InChI=1S/C23H24N6O3S2/c30-21-17(13-18-22(31)29(23(33)34-18)14-16-5-3-12-32-16)20(26-19-6-1-2-10-28(19)21)25-7-4-9-27-11-8-24-15-27/h1-2,6,8,10-11,13,15-16,25H,3-5,7,9,12,14H2. The van der Waals surface area contributed by atoms with Gasteiger partial charge in [-0.1, -0.05) is 30.0 Å². The molecule has 2 saturated heterocycles. The molecular weight excluding hydrogens is 472 g/mol. The number of nitrogens with zero attached hydrogens (tertiary/aromatic N) is 5. The molecular formula is C23H24N6O3S2. The maximum atomic E-state index is 13.3. The molecule has 1 atom stereocenters. The van der Waals surface area contributed by atoms with E-state index in [4.69, 9.17) is 17.0 Å². The van der Waals surface area contributed by atoms with Crippen LogP contribution >= 0.6 is 24.0 Å². The molecule has 0 aromatic carbocycles. The summed E-state index contributed by atoms with van der Waals surface area (Å²) in [7, 11) is 0. The number of aryl methyl sites for hydroxylation is 1. The quantitative estimate of drug-likeness (QED) is 0.289. The number of hydrogen-bond donors (Lipinski definition) is 1. The molecule has 0 bridgehead atoms. The predicted molar refractivity (Wildman–Crippen MR) is 136 cm³/mol. The number of anilines is 1. The van der Waals surface area contributed by atoms with Gasteiger partial charge in [-0.2, -0.15) is 0 Å². The van der Waals surface area contributed by atoms with Gasteiger partial charge in [0.25, 0.3) is 11.5 Å². The molecule has 1 unspecified atom stereocenters. The minimum Gasteiger partial charge on any atom is -0.376 e. The summed E-state index contributed by atoms with van der Waals surface area (Å²) in [5, 5.41) is 3.29. The Morgan fingerprint density at radius 3 is 3.00 bits per heavy atom. The Hall–Kier alpha value is -3.02. The average Bonchev–Trinajstić information content (AvgIpc) is 3.59. The van der Waals surface area contributed by atoms with Gasteiger partial charge in [0, 0.05) is 38.3 Å². The van der Waals surface area contributed by atoms with Crippen molar-refractivity contribution in [1.82, 2.24) is 23.8 Å². The van der Waals surface area contributed by atoms with Crippen molar-refractivity contribution < 1.29 is 9.53 Å². The minimum absolute atomic E-state index is 0.00235. The topological polar surface area (TPSA) is 93.8 Å². The lowest BCUT2D eigenvalue weighted by Gasteiger charge is -2.18. The van der Waals surface area contributed by atoms with Gasteiger partial charge in [-0.05, 0) is 37.5 Å². The lowest BCUT2D eigenvalue weighted by Crippen LogP contribution is -2.35.